The lowest BCUT2D eigenvalue weighted by atomic mass is 9.72. The molecular formula is C19H36N2. The van der Waals surface area contributed by atoms with Crippen LogP contribution in [0.2, 0.25) is 0 Å². The summed E-state index contributed by atoms with van der Waals surface area (Å²) in [5.74, 6) is 3.66. The second-order valence-electron chi connectivity index (χ2n) is 8.49. The molecule has 0 aromatic rings. The molecule has 3 fully saturated rings. The van der Waals surface area contributed by atoms with Crippen molar-refractivity contribution in [2.45, 2.75) is 77.8 Å². The van der Waals surface area contributed by atoms with Crippen LogP contribution in [0.4, 0.5) is 0 Å². The van der Waals surface area contributed by atoms with E-state index in [1.807, 2.05) is 0 Å². The van der Waals surface area contributed by atoms with E-state index in [9.17, 15) is 0 Å². The zero-order valence-electron chi connectivity index (χ0n) is 14.5. The molecule has 0 aromatic carbocycles. The molecule has 0 spiro atoms. The van der Waals surface area contributed by atoms with E-state index in [2.05, 4.69) is 31.0 Å². The molecule has 5 atom stereocenters. The zero-order chi connectivity index (χ0) is 14.8. The number of nitrogens with one attached hydrogen (secondary N) is 1. The van der Waals surface area contributed by atoms with Gasteiger partial charge in [0.15, 0.2) is 0 Å². The summed E-state index contributed by atoms with van der Waals surface area (Å²) >= 11 is 0. The van der Waals surface area contributed by atoms with E-state index < -0.39 is 0 Å². The van der Waals surface area contributed by atoms with Crippen LogP contribution in [-0.4, -0.2) is 36.6 Å². The van der Waals surface area contributed by atoms with Crippen LogP contribution in [0.15, 0.2) is 0 Å². The third-order valence-electron chi connectivity index (χ3n) is 6.61. The Morgan fingerprint density at radius 1 is 1.05 bits per heavy atom. The standard InChI is InChI=1S/C19H36N2/c1-14(2)17-9-8-15(3)12-19(17)21-11-5-6-16(13-21)18-7-4-10-20-18/h14-20H,4-13H2,1-3H3. The van der Waals surface area contributed by atoms with Crippen molar-refractivity contribution in [2.24, 2.45) is 23.7 Å². The van der Waals surface area contributed by atoms with Crippen molar-refractivity contribution >= 4 is 0 Å². The van der Waals surface area contributed by atoms with Gasteiger partial charge in [0, 0.05) is 18.6 Å². The Labute approximate surface area is 132 Å². The Morgan fingerprint density at radius 3 is 2.62 bits per heavy atom. The molecule has 2 heteroatoms. The lowest BCUT2D eigenvalue weighted by Crippen LogP contribution is -2.52. The SMILES string of the molecule is CC1CCC(C(C)C)C(N2CCCC(C3CCCN3)C2)C1. The van der Waals surface area contributed by atoms with Crippen LogP contribution < -0.4 is 5.32 Å². The number of piperidine rings is 1. The maximum absolute atomic E-state index is 3.77. The van der Waals surface area contributed by atoms with Crippen molar-refractivity contribution in [3.63, 3.8) is 0 Å². The molecule has 21 heavy (non-hydrogen) atoms. The van der Waals surface area contributed by atoms with Gasteiger partial charge in [-0.15, -0.1) is 0 Å². The van der Waals surface area contributed by atoms with Crippen molar-refractivity contribution in [1.29, 1.82) is 0 Å². The first-order valence-corrected chi connectivity index (χ1v) is 9.62. The van der Waals surface area contributed by atoms with Crippen LogP contribution in [0.1, 0.15) is 65.7 Å². The molecule has 2 saturated heterocycles. The predicted molar refractivity (Wildman–Crippen MR) is 90.5 cm³/mol. The van der Waals surface area contributed by atoms with E-state index >= 15 is 0 Å². The second kappa shape index (κ2) is 7.00. The van der Waals surface area contributed by atoms with Crippen molar-refractivity contribution in [3.8, 4) is 0 Å². The quantitative estimate of drug-likeness (QED) is 0.848. The predicted octanol–water partition coefficient (Wildman–Crippen LogP) is 3.91. The minimum absolute atomic E-state index is 0.825. The highest BCUT2D eigenvalue weighted by atomic mass is 15.2. The van der Waals surface area contributed by atoms with Crippen LogP contribution in [0.25, 0.3) is 0 Å². The van der Waals surface area contributed by atoms with Crippen molar-refractivity contribution in [1.82, 2.24) is 10.2 Å². The van der Waals surface area contributed by atoms with E-state index in [-0.39, 0.29) is 0 Å². The summed E-state index contributed by atoms with van der Waals surface area (Å²) in [6, 6.07) is 1.70. The van der Waals surface area contributed by atoms with Crippen LogP contribution in [0.5, 0.6) is 0 Å². The van der Waals surface area contributed by atoms with Gasteiger partial charge in [-0.1, -0.05) is 27.2 Å². The van der Waals surface area contributed by atoms with Crippen LogP contribution in [0.3, 0.4) is 0 Å². The Kier molecular flexibility index (Phi) is 5.27. The summed E-state index contributed by atoms with van der Waals surface area (Å²) < 4.78 is 0. The lowest BCUT2D eigenvalue weighted by molar-refractivity contribution is 0.0240. The van der Waals surface area contributed by atoms with Crippen LogP contribution >= 0.6 is 0 Å². The van der Waals surface area contributed by atoms with Gasteiger partial charge in [0.1, 0.15) is 0 Å². The first-order chi connectivity index (χ1) is 10.1. The molecule has 3 rings (SSSR count). The maximum Gasteiger partial charge on any atom is 0.0129 e. The first-order valence-electron chi connectivity index (χ1n) is 9.62. The van der Waals surface area contributed by atoms with E-state index in [4.69, 9.17) is 0 Å². The Balaban J connectivity index is 1.65. The van der Waals surface area contributed by atoms with Gasteiger partial charge in [0.25, 0.3) is 0 Å². The van der Waals surface area contributed by atoms with Gasteiger partial charge in [-0.3, -0.25) is 4.90 Å². The molecule has 0 bridgehead atoms. The van der Waals surface area contributed by atoms with Crippen LogP contribution in [-0.2, 0) is 0 Å². The second-order valence-corrected chi connectivity index (χ2v) is 8.49. The Bertz CT molecular complexity index is 322. The number of rotatable bonds is 3. The van der Waals surface area contributed by atoms with Gasteiger partial charge in [-0.05, 0) is 75.3 Å². The molecule has 1 aliphatic carbocycles. The normalized spacial score (nSPS) is 42.6. The van der Waals surface area contributed by atoms with Gasteiger partial charge in [-0.2, -0.15) is 0 Å². The minimum Gasteiger partial charge on any atom is -0.314 e. The van der Waals surface area contributed by atoms with Crippen molar-refractivity contribution < 1.29 is 0 Å². The van der Waals surface area contributed by atoms with Gasteiger partial charge in [0.2, 0.25) is 0 Å². The zero-order valence-corrected chi connectivity index (χ0v) is 14.5. The summed E-state index contributed by atoms with van der Waals surface area (Å²) in [5, 5.41) is 3.77. The molecule has 0 amide bonds. The fourth-order valence-corrected chi connectivity index (χ4v) is 5.36. The topological polar surface area (TPSA) is 15.3 Å². The molecule has 3 aliphatic rings. The summed E-state index contributed by atoms with van der Waals surface area (Å²) in [7, 11) is 0. The molecule has 2 aliphatic heterocycles. The van der Waals surface area contributed by atoms with E-state index in [1.165, 1.54) is 64.6 Å². The smallest absolute Gasteiger partial charge is 0.0129 e. The Morgan fingerprint density at radius 2 is 1.90 bits per heavy atom. The highest BCUT2D eigenvalue weighted by Crippen LogP contribution is 2.38. The molecule has 1 saturated carbocycles. The molecule has 5 unspecified atom stereocenters. The van der Waals surface area contributed by atoms with Gasteiger partial charge >= 0.3 is 0 Å². The van der Waals surface area contributed by atoms with E-state index in [0.717, 1.165) is 35.8 Å². The van der Waals surface area contributed by atoms with E-state index in [0.29, 0.717) is 0 Å². The lowest BCUT2D eigenvalue weighted by Gasteiger charge is -2.47. The van der Waals surface area contributed by atoms with Gasteiger partial charge in [-0.25, -0.2) is 0 Å². The number of likely N-dealkylation sites (tertiary alicyclic amines) is 1. The minimum atomic E-state index is 0.825. The first kappa shape index (κ1) is 15.8. The molecule has 2 nitrogen and oxygen atoms in total. The summed E-state index contributed by atoms with van der Waals surface area (Å²) in [5.41, 5.74) is 0. The Hall–Kier alpha value is -0.0800. The average molecular weight is 293 g/mol. The maximum atomic E-state index is 3.77. The fraction of sp³-hybridized carbons (Fsp3) is 1.00. The van der Waals surface area contributed by atoms with E-state index in [1.54, 1.807) is 0 Å². The third-order valence-corrected chi connectivity index (χ3v) is 6.61. The van der Waals surface area contributed by atoms with Gasteiger partial charge < -0.3 is 5.32 Å². The number of nitrogens with zero attached hydrogens (tertiary/aromatic N) is 1. The molecular weight excluding hydrogens is 256 g/mol. The van der Waals surface area contributed by atoms with Gasteiger partial charge in [0.05, 0.1) is 0 Å². The highest BCUT2D eigenvalue weighted by Gasteiger charge is 2.38. The molecule has 2 heterocycles. The fourth-order valence-electron chi connectivity index (χ4n) is 5.36. The summed E-state index contributed by atoms with van der Waals surface area (Å²) in [6.45, 7) is 11.4. The highest BCUT2D eigenvalue weighted by molar-refractivity contribution is 4.92. The van der Waals surface area contributed by atoms with Crippen LogP contribution in [0, 0.1) is 23.7 Å². The molecule has 0 radical (unpaired) electrons. The molecule has 0 aromatic heterocycles. The molecule has 122 valence electrons. The summed E-state index contributed by atoms with van der Waals surface area (Å²) in [4.78, 5) is 2.91. The van der Waals surface area contributed by atoms with Crippen molar-refractivity contribution in [3.05, 3.63) is 0 Å². The molecule has 1 N–H and O–H groups in total. The third kappa shape index (κ3) is 3.64. The largest absolute Gasteiger partial charge is 0.314 e. The number of hydrogen-bond acceptors (Lipinski definition) is 2. The average Bonchev–Trinajstić information content (AvgIpc) is 3.01. The monoisotopic (exact) mass is 292 g/mol. The van der Waals surface area contributed by atoms with Crippen molar-refractivity contribution in [2.75, 3.05) is 19.6 Å². The summed E-state index contributed by atoms with van der Waals surface area (Å²) in [6.07, 6.45) is 10.1. The number of hydrogen-bond donors (Lipinski definition) is 1.